The van der Waals surface area contributed by atoms with Crippen LogP contribution in [0, 0.1) is 11.3 Å². The van der Waals surface area contributed by atoms with Crippen molar-refractivity contribution in [1.82, 2.24) is 4.90 Å². The molecule has 2 amide bonds. The van der Waals surface area contributed by atoms with Crippen molar-refractivity contribution in [1.29, 1.82) is 5.26 Å². The fourth-order valence-corrected chi connectivity index (χ4v) is 3.49. The second-order valence-electron chi connectivity index (χ2n) is 7.01. The molecular formula is C24H22N4O. The molecule has 0 atom stereocenters. The highest BCUT2D eigenvalue weighted by atomic mass is 16.2. The summed E-state index contributed by atoms with van der Waals surface area (Å²) in [5, 5.41) is 11.9. The summed E-state index contributed by atoms with van der Waals surface area (Å²) in [7, 11) is 0. The molecule has 144 valence electrons. The molecule has 0 bridgehead atoms. The summed E-state index contributed by atoms with van der Waals surface area (Å²) in [4.78, 5) is 16.7. The first-order valence-electron chi connectivity index (χ1n) is 9.69. The van der Waals surface area contributed by atoms with Gasteiger partial charge in [-0.25, -0.2) is 4.79 Å². The highest BCUT2D eigenvalue weighted by Gasteiger charge is 2.21. The lowest BCUT2D eigenvalue weighted by molar-refractivity contribution is 0.208. The Balaban J connectivity index is 1.32. The fourth-order valence-electron chi connectivity index (χ4n) is 3.49. The molecule has 5 nitrogen and oxygen atoms in total. The monoisotopic (exact) mass is 382 g/mol. The maximum atomic E-state index is 12.6. The number of nitrogens with one attached hydrogen (secondary N) is 1. The molecule has 1 heterocycles. The number of nitrogens with zero attached hydrogens (tertiary/aromatic N) is 3. The molecule has 29 heavy (non-hydrogen) atoms. The van der Waals surface area contributed by atoms with Crippen molar-refractivity contribution in [3.05, 3.63) is 84.4 Å². The van der Waals surface area contributed by atoms with Crippen LogP contribution in [-0.4, -0.2) is 37.1 Å². The number of hydrogen-bond acceptors (Lipinski definition) is 3. The van der Waals surface area contributed by atoms with Crippen molar-refractivity contribution in [3.8, 4) is 17.2 Å². The second-order valence-corrected chi connectivity index (χ2v) is 7.01. The highest BCUT2D eigenvalue weighted by molar-refractivity contribution is 5.89. The van der Waals surface area contributed by atoms with Gasteiger partial charge in [0.2, 0.25) is 0 Å². The average molecular weight is 382 g/mol. The van der Waals surface area contributed by atoms with Crippen molar-refractivity contribution >= 4 is 17.4 Å². The lowest BCUT2D eigenvalue weighted by Crippen LogP contribution is -2.50. The van der Waals surface area contributed by atoms with Crippen LogP contribution in [0.1, 0.15) is 5.56 Å². The zero-order valence-electron chi connectivity index (χ0n) is 16.1. The Labute approximate surface area is 170 Å². The van der Waals surface area contributed by atoms with Crippen LogP contribution in [0.15, 0.2) is 78.9 Å². The Morgan fingerprint density at radius 3 is 2.03 bits per heavy atom. The summed E-state index contributed by atoms with van der Waals surface area (Å²) in [6.07, 6.45) is 0. The third-order valence-corrected chi connectivity index (χ3v) is 5.17. The Kier molecular flexibility index (Phi) is 5.44. The van der Waals surface area contributed by atoms with Gasteiger partial charge in [0.25, 0.3) is 0 Å². The average Bonchev–Trinajstić information content (AvgIpc) is 2.80. The van der Waals surface area contributed by atoms with E-state index in [4.69, 9.17) is 5.26 Å². The minimum absolute atomic E-state index is 0.0723. The van der Waals surface area contributed by atoms with Gasteiger partial charge in [-0.1, -0.05) is 42.5 Å². The van der Waals surface area contributed by atoms with Crippen LogP contribution in [0.5, 0.6) is 0 Å². The van der Waals surface area contributed by atoms with E-state index < -0.39 is 0 Å². The zero-order valence-corrected chi connectivity index (χ0v) is 16.1. The van der Waals surface area contributed by atoms with E-state index in [2.05, 4.69) is 28.4 Å². The number of rotatable bonds is 3. The predicted molar refractivity (Wildman–Crippen MR) is 116 cm³/mol. The van der Waals surface area contributed by atoms with Gasteiger partial charge in [0.05, 0.1) is 11.6 Å². The van der Waals surface area contributed by atoms with Crippen LogP contribution in [0.2, 0.25) is 0 Å². The van der Waals surface area contributed by atoms with Crippen molar-refractivity contribution in [3.63, 3.8) is 0 Å². The molecule has 1 aliphatic rings. The van der Waals surface area contributed by atoms with E-state index >= 15 is 0 Å². The third kappa shape index (κ3) is 4.39. The number of benzene rings is 3. The van der Waals surface area contributed by atoms with Crippen molar-refractivity contribution < 1.29 is 4.79 Å². The van der Waals surface area contributed by atoms with Gasteiger partial charge in [-0.05, 0) is 47.5 Å². The lowest BCUT2D eigenvalue weighted by atomic mass is 10.1. The van der Waals surface area contributed by atoms with Crippen LogP contribution in [0.25, 0.3) is 11.1 Å². The molecule has 1 saturated heterocycles. The van der Waals surface area contributed by atoms with Crippen LogP contribution < -0.4 is 10.2 Å². The maximum Gasteiger partial charge on any atom is 0.321 e. The van der Waals surface area contributed by atoms with Gasteiger partial charge in [-0.15, -0.1) is 0 Å². The molecule has 5 heteroatoms. The Morgan fingerprint density at radius 2 is 1.41 bits per heavy atom. The van der Waals surface area contributed by atoms with Crippen molar-refractivity contribution in [2.45, 2.75) is 0 Å². The molecule has 3 aromatic rings. The molecule has 0 saturated carbocycles. The van der Waals surface area contributed by atoms with E-state index in [0.29, 0.717) is 18.7 Å². The molecule has 3 aromatic carbocycles. The smallest absolute Gasteiger partial charge is 0.321 e. The van der Waals surface area contributed by atoms with Gasteiger partial charge >= 0.3 is 6.03 Å². The van der Waals surface area contributed by atoms with E-state index in [-0.39, 0.29) is 6.03 Å². The van der Waals surface area contributed by atoms with Crippen LogP contribution in [0.4, 0.5) is 16.2 Å². The minimum Gasteiger partial charge on any atom is -0.368 e. The number of anilines is 2. The van der Waals surface area contributed by atoms with Gasteiger partial charge in [0.1, 0.15) is 0 Å². The lowest BCUT2D eigenvalue weighted by Gasteiger charge is -2.36. The number of urea groups is 1. The largest absolute Gasteiger partial charge is 0.368 e. The first kappa shape index (κ1) is 18.6. The van der Waals surface area contributed by atoms with Crippen LogP contribution in [-0.2, 0) is 0 Å². The molecule has 0 aromatic heterocycles. The summed E-state index contributed by atoms with van der Waals surface area (Å²) in [6, 6.07) is 27.7. The third-order valence-electron chi connectivity index (χ3n) is 5.17. The molecule has 1 fully saturated rings. The predicted octanol–water partition coefficient (Wildman–Crippen LogP) is 4.58. The normalized spacial score (nSPS) is 13.6. The van der Waals surface area contributed by atoms with Gasteiger partial charge in [-0.3, -0.25) is 0 Å². The number of amides is 2. The van der Waals surface area contributed by atoms with Crippen molar-refractivity contribution in [2.75, 3.05) is 36.4 Å². The minimum atomic E-state index is -0.0723. The zero-order chi connectivity index (χ0) is 20.1. The Hall–Kier alpha value is -3.78. The van der Waals surface area contributed by atoms with E-state index in [1.807, 2.05) is 71.6 Å². The number of nitriles is 1. The van der Waals surface area contributed by atoms with Gasteiger partial charge < -0.3 is 15.1 Å². The summed E-state index contributed by atoms with van der Waals surface area (Å²) in [6.45, 7) is 2.86. The fraction of sp³-hybridized carbons (Fsp3) is 0.167. The summed E-state index contributed by atoms with van der Waals surface area (Å²) in [5.41, 5.74) is 4.82. The van der Waals surface area contributed by atoms with E-state index in [1.54, 1.807) is 0 Å². The van der Waals surface area contributed by atoms with Crippen LogP contribution >= 0.6 is 0 Å². The molecular weight excluding hydrogens is 360 g/mol. The van der Waals surface area contributed by atoms with Gasteiger partial charge in [0.15, 0.2) is 0 Å². The highest BCUT2D eigenvalue weighted by Crippen LogP contribution is 2.22. The number of carbonyl (C=O) groups is 1. The van der Waals surface area contributed by atoms with E-state index in [1.165, 1.54) is 0 Å². The Bertz CT molecular complexity index is 1000. The quantitative estimate of drug-likeness (QED) is 0.721. The van der Waals surface area contributed by atoms with E-state index in [0.717, 1.165) is 35.6 Å². The van der Waals surface area contributed by atoms with Gasteiger partial charge in [-0.2, -0.15) is 5.26 Å². The summed E-state index contributed by atoms with van der Waals surface area (Å²) < 4.78 is 0. The van der Waals surface area contributed by atoms with Gasteiger partial charge in [0, 0.05) is 37.6 Å². The topological polar surface area (TPSA) is 59.4 Å². The Morgan fingerprint density at radius 1 is 0.793 bits per heavy atom. The SMILES string of the molecule is N#Cc1ccc(N2CCN(C(=O)Nc3ccc(-c4ccccc4)cc3)CC2)cc1. The number of piperazine rings is 1. The molecule has 4 rings (SSSR count). The molecule has 0 radical (unpaired) electrons. The van der Waals surface area contributed by atoms with Crippen LogP contribution in [0.3, 0.4) is 0 Å². The summed E-state index contributed by atoms with van der Waals surface area (Å²) >= 11 is 0. The van der Waals surface area contributed by atoms with Crippen molar-refractivity contribution in [2.24, 2.45) is 0 Å². The number of hydrogen-bond donors (Lipinski definition) is 1. The summed E-state index contributed by atoms with van der Waals surface area (Å²) in [5.74, 6) is 0. The first-order valence-corrected chi connectivity index (χ1v) is 9.69. The molecule has 0 unspecified atom stereocenters. The molecule has 0 spiro atoms. The standard InChI is InChI=1S/C24H22N4O/c25-18-19-6-12-23(13-7-19)27-14-16-28(17-15-27)24(29)26-22-10-8-21(9-11-22)20-4-2-1-3-5-20/h1-13H,14-17H2,(H,26,29). The molecule has 0 aliphatic carbocycles. The molecule has 1 N–H and O–H groups in total. The maximum absolute atomic E-state index is 12.6. The first-order chi connectivity index (χ1) is 14.2. The molecule has 1 aliphatic heterocycles. The van der Waals surface area contributed by atoms with E-state index in [9.17, 15) is 4.79 Å². The second kappa shape index (κ2) is 8.49. The number of carbonyl (C=O) groups excluding carboxylic acids is 1.